The number of H-pyrrole nitrogens is 1. The summed E-state index contributed by atoms with van der Waals surface area (Å²) in [7, 11) is 2.25. The van der Waals surface area contributed by atoms with Gasteiger partial charge >= 0.3 is 11.9 Å². The van der Waals surface area contributed by atoms with Crippen molar-refractivity contribution in [1.29, 1.82) is 0 Å². The van der Waals surface area contributed by atoms with Crippen LogP contribution in [-0.4, -0.2) is 41.9 Å². The van der Waals surface area contributed by atoms with Gasteiger partial charge in [0.05, 0.1) is 20.4 Å². The zero-order chi connectivity index (χ0) is 11.4. The summed E-state index contributed by atoms with van der Waals surface area (Å²) in [6.45, 7) is 0. The predicted octanol–water partition coefficient (Wildman–Crippen LogP) is -0.448. The zero-order valence-electron chi connectivity index (χ0n) is 8.07. The van der Waals surface area contributed by atoms with Gasteiger partial charge in [-0.15, -0.1) is 0 Å². The quantitative estimate of drug-likeness (QED) is 0.414. The Hall–Kier alpha value is -2.18. The normalized spacial score (nSPS) is 9.47. The largest absolute Gasteiger partial charge is 0.463 e. The van der Waals surface area contributed by atoms with Crippen LogP contribution in [-0.2, 0) is 14.3 Å². The summed E-state index contributed by atoms with van der Waals surface area (Å²) in [6.07, 6.45) is 1.06. The molecule has 0 unspecified atom stereocenters. The average molecular weight is 212 g/mol. The van der Waals surface area contributed by atoms with Crippen LogP contribution in [0.5, 0.6) is 0 Å². The molecular weight excluding hydrogens is 204 g/mol. The molecule has 0 fully saturated rings. The number of aromatic amines is 1. The van der Waals surface area contributed by atoms with Gasteiger partial charge in [-0.1, -0.05) is 0 Å². The molecule has 7 nitrogen and oxygen atoms in total. The van der Waals surface area contributed by atoms with Gasteiger partial charge in [0.1, 0.15) is 5.69 Å². The highest BCUT2D eigenvalue weighted by Crippen LogP contribution is 2.00. The van der Waals surface area contributed by atoms with E-state index in [1.165, 1.54) is 7.11 Å². The summed E-state index contributed by atoms with van der Waals surface area (Å²) in [6, 6.07) is 0. The van der Waals surface area contributed by atoms with Crippen LogP contribution < -0.4 is 0 Å². The number of ketones is 1. The number of esters is 2. The third kappa shape index (κ3) is 2.19. The van der Waals surface area contributed by atoms with Gasteiger partial charge in [0.25, 0.3) is 5.78 Å². The number of rotatable bonds is 3. The molecule has 1 N–H and O–H groups in total. The molecule has 15 heavy (non-hydrogen) atoms. The Labute approximate surface area is 84.4 Å². The third-order valence-corrected chi connectivity index (χ3v) is 1.57. The number of carbonyl (C=O) groups excluding carboxylic acids is 3. The summed E-state index contributed by atoms with van der Waals surface area (Å²) >= 11 is 0. The molecule has 0 spiro atoms. The minimum Gasteiger partial charge on any atom is -0.463 e. The number of methoxy groups -OCH3 is 2. The van der Waals surface area contributed by atoms with Gasteiger partial charge in [-0.3, -0.25) is 4.79 Å². The number of hydrogen-bond donors (Lipinski definition) is 1. The number of nitrogens with one attached hydrogen (secondary N) is 1. The van der Waals surface area contributed by atoms with Gasteiger partial charge in [0.15, 0.2) is 0 Å². The maximum Gasteiger partial charge on any atom is 0.381 e. The summed E-state index contributed by atoms with van der Waals surface area (Å²) in [5.41, 5.74) is -0.123. The first-order valence-electron chi connectivity index (χ1n) is 3.86. The van der Waals surface area contributed by atoms with E-state index in [2.05, 4.69) is 19.4 Å². The second-order valence-electron chi connectivity index (χ2n) is 2.46. The van der Waals surface area contributed by atoms with E-state index >= 15 is 0 Å². The van der Waals surface area contributed by atoms with E-state index in [4.69, 9.17) is 0 Å². The smallest absolute Gasteiger partial charge is 0.381 e. The second kappa shape index (κ2) is 4.36. The molecular formula is C8H8N2O5. The molecule has 0 aliphatic rings. The fraction of sp³-hybridized carbons (Fsp3) is 0.250. The van der Waals surface area contributed by atoms with Crippen LogP contribution in [0.2, 0.25) is 0 Å². The molecule has 0 bridgehead atoms. The third-order valence-electron chi connectivity index (χ3n) is 1.57. The fourth-order valence-electron chi connectivity index (χ4n) is 0.840. The molecule has 0 aliphatic heterocycles. The fourth-order valence-corrected chi connectivity index (χ4v) is 0.840. The van der Waals surface area contributed by atoms with Gasteiger partial charge in [0, 0.05) is 0 Å². The van der Waals surface area contributed by atoms with Crippen LogP contribution in [0.25, 0.3) is 0 Å². The Bertz CT molecular complexity index is 409. The summed E-state index contributed by atoms with van der Waals surface area (Å²) in [5, 5.41) is 0. The number of carbonyl (C=O) groups is 3. The lowest BCUT2D eigenvalue weighted by Gasteiger charge is -1.94. The Morgan fingerprint density at radius 2 is 1.93 bits per heavy atom. The topological polar surface area (TPSA) is 98.4 Å². The van der Waals surface area contributed by atoms with Crippen molar-refractivity contribution in [3.05, 3.63) is 17.7 Å². The Morgan fingerprint density at radius 1 is 1.27 bits per heavy atom. The van der Waals surface area contributed by atoms with Crippen molar-refractivity contribution < 1.29 is 23.9 Å². The van der Waals surface area contributed by atoms with Crippen molar-refractivity contribution in [2.75, 3.05) is 14.2 Å². The lowest BCUT2D eigenvalue weighted by atomic mass is 10.3. The van der Waals surface area contributed by atoms with Crippen molar-refractivity contribution in [3.8, 4) is 0 Å². The summed E-state index contributed by atoms with van der Waals surface area (Å²) in [5.74, 6) is -2.81. The lowest BCUT2D eigenvalue weighted by molar-refractivity contribution is -0.135. The molecule has 0 aliphatic carbocycles. The maximum absolute atomic E-state index is 11.2. The van der Waals surface area contributed by atoms with E-state index in [9.17, 15) is 14.4 Å². The first kappa shape index (κ1) is 10.9. The molecule has 7 heteroatoms. The van der Waals surface area contributed by atoms with E-state index in [0.29, 0.717) is 0 Å². The Morgan fingerprint density at radius 3 is 2.47 bits per heavy atom. The van der Waals surface area contributed by atoms with Crippen molar-refractivity contribution >= 4 is 17.7 Å². The monoisotopic (exact) mass is 212 g/mol. The van der Waals surface area contributed by atoms with Gasteiger partial charge in [-0.05, 0) is 0 Å². The van der Waals surface area contributed by atoms with E-state index < -0.39 is 17.7 Å². The van der Waals surface area contributed by atoms with E-state index in [0.717, 1.165) is 13.3 Å². The molecule has 0 saturated carbocycles. The molecule has 1 heterocycles. The van der Waals surface area contributed by atoms with Gasteiger partial charge in [0.2, 0.25) is 5.82 Å². The van der Waals surface area contributed by atoms with Crippen LogP contribution in [0, 0.1) is 0 Å². The molecule has 0 radical (unpaired) electrons. The van der Waals surface area contributed by atoms with Gasteiger partial charge in [-0.25, -0.2) is 14.6 Å². The summed E-state index contributed by atoms with van der Waals surface area (Å²) < 4.78 is 8.57. The molecule has 0 aromatic carbocycles. The SMILES string of the molecule is COC(=O)C(=O)c1cnc(C(=O)OC)[nH]1. The first-order chi connectivity index (χ1) is 7.10. The molecule has 1 aromatic rings. The Balaban J connectivity index is 2.89. The molecule has 0 saturated heterocycles. The van der Waals surface area contributed by atoms with Crippen molar-refractivity contribution in [2.45, 2.75) is 0 Å². The van der Waals surface area contributed by atoms with Crippen LogP contribution in [0.1, 0.15) is 21.1 Å². The number of imidazole rings is 1. The van der Waals surface area contributed by atoms with Gasteiger partial charge < -0.3 is 14.5 Å². The predicted molar refractivity (Wildman–Crippen MR) is 46.3 cm³/mol. The highest BCUT2D eigenvalue weighted by atomic mass is 16.5. The first-order valence-corrected chi connectivity index (χ1v) is 3.86. The van der Waals surface area contributed by atoms with E-state index in [1.54, 1.807) is 0 Å². The van der Waals surface area contributed by atoms with Crippen LogP contribution in [0.3, 0.4) is 0 Å². The molecule has 0 amide bonds. The van der Waals surface area contributed by atoms with Crippen LogP contribution in [0.15, 0.2) is 6.20 Å². The van der Waals surface area contributed by atoms with Crippen molar-refractivity contribution in [2.24, 2.45) is 0 Å². The number of aromatic nitrogens is 2. The summed E-state index contributed by atoms with van der Waals surface area (Å²) in [4.78, 5) is 38.9. The van der Waals surface area contributed by atoms with Crippen molar-refractivity contribution in [3.63, 3.8) is 0 Å². The highest BCUT2D eigenvalue weighted by Gasteiger charge is 2.21. The number of Topliss-reactive ketones (excluding diaryl/α,β-unsaturated/α-hetero) is 1. The lowest BCUT2D eigenvalue weighted by Crippen LogP contribution is -2.16. The molecule has 80 valence electrons. The van der Waals surface area contributed by atoms with Crippen LogP contribution >= 0.6 is 0 Å². The molecule has 0 atom stereocenters. The zero-order valence-corrected chi connectivity index (χ0v) is 8.07. The molecule has 1 aromatic heterocycles. The average Bonchev–Trinajstić information content (AvgIpc) is 2.75. The Kier molecular flexibility index (Phi) is 3.17. The van der Waals surface area contributed by atoms with E-state index in [1.807, 2.05) is 0 Å². The van der Waals surface area contributed by atoms with Crippen molar-refractivity contribution in [1.82, 2.24) is 9.97 Å². The standard InChI is InChI=1S/C8H8N2O5/c1-14-7(12)5(11)4-3-9-6(10-4)8(13)15-2/h3H,1-2H3,(H,9,10). The van der Waals surface area contributed by atoms with E-state index in [-0.39, 0.29) is 11.5 Å². The minimum absolute atomic E-state index is 0.123. The number of nitrogens with zero attached hydrogens (tertiary/aromatic N) is 1. The highest BCUT2D eigenvalue weighted by molar-refractivity contribution is 6.40. The van der Waals surface area contributed by atoms with Gasteiger partial charge in [-0.2, -0.15) is 0 Å². The molecule has 1 rings (SSSR count). The maximum atomic E-state index is 11.2. The van der Waals surface area contributed by atoms with Crippen LogP contribution in [0.4, 0.5) is 0 Å². The number of hydrogen-bond acceptors (Lipinski definition) is 6. The number of ether oxygens (including phenoxy) is 2. The second-order valence-corrected chi connectivity index (χ2v) is 2.46. The minimum atomic E-state index is -1.03.